The number of rotatable bonds is 10. The van der Waals surface area contributed by atoms with Gasteiger partial charge in [-0.2, -0.15) is 0 Å². The molecule has 2 N–H and O–H groups in total. The molecule has 6 nitrogen and oxygen atoms in total. The number of carbonyl (C=O) groups is 1. The molecular formula is C18H24ClN3O3. The predicted octanol–water partition coefficient (Wildman–Crippen LogP) is 2.05. The van der Waals surface area contributed by atoms with Crippen molar-refractivity contribution in [2.24, 2.45) is 0 Å². The summed E-state index contributed by atoms with van der Waals surface area (Å²) in [6.45, 7) is 3.19. The number of hydrogen-bond acceptors (Lipinski definition) is 5. The van der Waals surface area contributed by atoms with Gasteiger partial charge in [0.2, 0.25) is 0 Å². The minimum atomic E-state index is -0.0933. The van der Waals surface area contributed by atoms with Gasteiger partial charge >= 0.3 is 0 Å². The predicted molar refractivity (Wildman–Crippen MR) is 99.3 cm³/mol. The number of hydrogen-bond donors (Lipinski definition) is 2. The zero-order chi connectivity index (χ0) is 17.0. The van der Waals surface area contributed by atoms with E-state index in [1.54, 1.807) is 43.8 Å². The van der Waals surface area contributed by atoms with Crippen molar-refractivity contribution in [3.05, 3.63) is 59.9 Å². The zero-order valence-corrected chi connectivity index (χ0v) is 15.1. The second kappa shape index (κ2) is 12.2. The summed E-state index contributed by atoms with van der Waals surface area (Å²) in [5, 5.41) is 6.03. The lowest BCUT2D eigenvalue weighted by atomic mass is 10.2. The lowest BCUT2D eigenvalue weighted by Gasteiger charge is -2.08. The van der Waals surface area contributed by atoms with Crippen LogP contribution in [0.1, 0.15) is 15.9 Å². The van der Waals surface area contributed by atoms with Crippen LogP contribution in [-0.2, 0) is 11.3 Å². The second-order valence-corrected chi connectivity index (χ2v) is 5.17. The fraction of sp³-hybridized carbons (Fsp3) is 0.333. The van der Waals surface area contributed by atoms with Crippen LogP contribution >= 0.6 is 12.4 Å². The Morgan fingerprint density at radius 3 is 2.44 bits per heavy atom. The van der Waals surface area contributed by atoms with E-state index >= 15 is 0 Å². The van der Waals surface area contributed by atoms with Gasteiger partial charge in [-0.05, 0) is 42.0 Å². The molecule has 0 fully saturated rings. The van der Waals surface area contributed by atoms with Crippen molar-refractivity contribution in [2.75, 3.05) is 33.4 Å². The monoisotopic (exact) mass is 365 g/mol. The molecule has 1 amide bonds. The molecule has 0 atom stereocenters. The maximum atomic E-state index is 12.0. The molecule has 25 heavy (non-hydrogen) atoms. The first kappa shape index (κ1) is 20.9. The lowest BCUT2D eigenvalue weighted by molar-refractivity contribution is 0.0953. The summed E-state index contributed by atoms with van der Waals surface area (Å²) < 4.78 is 10.6. The number of pyridine rings is 1. The molecule has 0 bridgehead atoms. The number of aromatic nitrogens is 1. The van der Waals surface area contributed by atoms with Crippen LogP contribution in [-0.4, -0.2) is 44.2 Å². The number of nitrogens with zero attached hydrogens (tertiary/aromatic N) is 1. The highest BCUT2D eigenvalue weighted by atomic mass is 35.5. The van der Waals surface area contributed by atoms with E-state index in [1.165, 1.54) is 0 Å². The van der Waals surface area contributed by atoms with E-state index in [0.29, 0.717) is 31.9 Å². The maximum Gasteiger partial charge on any atom is 0.251 e. The summed E-state index contributed by atoms with van der Waals surface area (Å²) in [6, 6.07) is 10.9. The summed E-state index contributed by atoms with van der Waals surface area (Å²) in [4.78, 5) is 16.0. The molecule has 0 radical (unpaired) electrons. The van der Waals surface area contributed by atoms with Crippen LogP contribution in [0, 0.1) is 0 Å². The van der Waals surface area contributed by atoms with E-state index in [1.807, 2.05) is 12.1 Å². The molecule has 0 aliphatic carbocycles. The van der Waals surface area contributed by atoms with Crippen molar-refractivity contribution >= 4 is 18.3 Å². The number of nitrogens with one attached hydrogen (secondary N) is 2. The molecule has 0 aliphatic heterocycles. The van der Waals surface area contributed by atoms with Gasteiger partial charge in [0.1, 0.15) is 12.4 Å². The molecule has 0 saturated heterocycles. The Hall–Kier alpha value is -2.15. The average Bonchev–Trinajstić information content (AvgIpc) is 2.64. The van der Waals surface area contributed by atoms with Crippen molar-refractivity contribution in [3.63, 3.8) is 0 Å². The van der Waals surface area contributed by atoms with Gasteiger partial charge in [-0.3, -0.25) is 9.78 Å². The highest BCUT2D eigenvalue weighted by Crippen LogP contribution is 2.14. The van der Waals surface area contributed by atoms with E-state index in [-0.39, 0.29) is 18.3 Å². The Kier molecular flexibility index (Phi) is 10.2. The van der Waals surface area contributed by atoms with Crippen molar-refractivity contribution < 1.29 is 14.3 Å². The fourth-order valence-electron chi connectivity index (χ4n) is 2.01. The Balaban J connectivity index is 0.00000312. The second-order valence-electron chi connectivity index (χ2n) is 5.17. The quantitative estimate of drug-likeness (QED) is 0.630. The SMILES string of the molecule is COCCNCCNC(=O)c1ccc(OCc2ccncc2)cc1.Cl. The Bertz CT molecular complexity index is 609. The highest BCUT2D eigenvalue weighted by molar-refractivity contribution is 5.94. The van der Waals surface area contributed by atoms with Gasteiger partial charge in [0.05, 0.1) is 6.61 Å². The fourth-order valence-corrected chi connectivity index (χ4v) is 2.01. The number of methoxy groups -OCH3 is 1. The summed E-state index contributed by atoms with van der Waals surface area (Å²) in [7, 11) is 1.66. The molecule has 2 rings (SSSR count). The number of carbonyl (C=O) groups excluding carboxylic acids is 1. The largest absolute Gasteiger partial charge is 0.489 e. The summed E-state index contributed by atoms with van der Waals surface area (Å²) in [6.07, 6.45) is 3.46. The van der Waals surface area contributed by atoms with Crippen molar-refractivity contribution in [1.29, 1.82) is 0 Å². The number of halogens is 1. The van der Waals surface area contributed by atoms with Gasteiger partial charge in [0.25, 0.3) is 5.91 Å². The molecule has 2 aromatic rings. The number of ether oxygens (including phenoxy) is 2. The first-order valence-corrected chi connectivity index (χ1v) is 7.89. The van der Waals surface area contributed by atoms with Gasteiger partial charge < -0.3 is 20.1 Å². The van der Waals surface area contributed by atoms with Gasteiger partial charge in [-0.25, -0.2) is 0 Å². The molecule has 1 aromatic heterocycles. The normalized spacial score (nSPS) is 9.96. The van der Waals surface area contributed by atoms with Crippen molar-refractivity contribution in [1.82, 2.24) is 15.6 Å². The van der Waals surface area contributed by atoms with Crippen LogP contribution in [0.4, 0.5) is 0 Å². The Labute approximate surface area is 154 Å². The minimum absolute atomic E-state index is 0. The highest BCUT2D eigenvalue weighted by Gasteiger charge is 2.05. The lowest BCUT2D eigenvalue weighted by Crippen LogP contribution is -2.33. The van der Waals surface area contributed by atoms with E-state index in [0.717, 1.165) is 17.9 Å². The third kappa shape index (κ3) is 7.98. The average molecular weight is 366 g/mol. The van der Waals surface area contributed by atoms with Gasteiger partial charge in [-0.1, -0.05) is 0 Å². The topological polar surface area (TPSA) is 72.5 Å². The van der Waals surface area contributed by atoms with Crippen molar-refractivity contribution in [3.8, 4) is 5.75 Å². The third-order valence-corrected chi connectivity index (χ3v) is 3.34. The molecule has 136 valence electrons. The number of amides is 1. The van der Waals surface area contributed by atoms with Crippen LogP contribution in [0.25, 0.3) is 0 Å². The number of benzene rings is 1. The van der Waals surface area contributed by atoms with E-state index in [9.17, 15) is 4.79 Å². The van der Waals surface area contributed by atoms with Gasteiger partial charge in [0.15, 0.2) is 0 Å². The molecule has 1 heterocycles. The van der Waals surface area contributed by atoms with Crippen molar-refractivity contribution in [2.45, 2.75) is 6.61 Å². The van der Waals surface area contributed by atoms with E-state index in [4.69, 9.17) is 9.47 Å². The first-order valence-electron chi connectivity index (χ1n) is 7.89. The summed E-state index contributed by atoms with van der Waals surface area (Å²) in [5.74, 6) is 0.633. The molecule has 1 aromatic carbocycles. The Morgan fingerprint density at radius 1 is 1.04 bits per heavy atom. The molecular weight excluding hydrogens is 342 g/mol. The molecule has 7 heteroatoms. The maximum absolute atomic E-state index is 12.0. The standard InChI is InChI=1S/C18H23N3O3.ClH/c1-23-13-12-20-10-11-21-18(22)16-2-4-17(5-3-16)24-14-15-6-8-19-9-7-15;/h2-9,20H,10-14H2,1H3,(H,21,22);1H. The zero-order valence-electron chi connectivity index (χ0n) is 14.2. The van der Waals surface area contributed by atoms with E-state index < -0.39 is 0 Å². The van der Waals surface area contributed by atoms with Crippen LogP contribution in [0.3, 0.4) is 0 Å². The van der Waals surface area contributed by atoms with Gasteiger partial charge in [0, 0.05) is 44.7 Å². The van der Waals surface area contributed by atoms with Crippen LogP contribution < -0.4 is 15.4 Å². The smallest absolute Gasteiger partial charge is 0.251 e. The molecule has 0 saturated carbocycles. The van der Waals surface area contributed by atoms with Crippen LogP contribution in [0.15, 0.2) is 48.8 Å². The minimum Gasteiger partial charge on any atom is -0.489 e. The molecule has 0 unspecified atom stereocenters. The third-order valence-electron chi connectivity index (χ3n) is 3.34. The summed E-state index contributed by atoms with van der Waals surface area (Å²) in [5.41, 5.74) is 1.66. The first-order chi connectivity index (χ1) is 11.8. The van der Waals surface area contributed by atoms with Crippen LogP contribution in [0.2, 0.25) is 0 Å². The van der Waals surface area contributed by atoms with Gasteiger partial charge in [-0.15, -0.1) is 12.4 Å². The van der Waals surface area contributed by atoms with E-state index in [2.05, 4.69) is 15.6 Å². The van der Waals surface area contributed by atoms with Crippen LogP contribution in [0.5, 0.6) is 5.75 Å². The summed E-state index contributed by atoms with van der Waals surface area (Å²) >= 11 is 0. The Morgan fingerprint density at radius 2 is 1.76 bits per heavy atom. The molecule has 0 spiro atoms. The molecule has 0 aliphatic rings.